The molecular formula is C14H17BrO2. The van der Waals surface area contributed by atoms with Crippen molar-refractivity contribution in [2.24, 2.45) is 0 Å². The molecule has 0 unspecified atom stereocenters. The molecule has 0 aliphatic heterocycles. The Morgan fingerprint density at radius 3 is 2.65 bits per heavy atom. The smallest absolute Gasteiger partial charge is 0.310 e. The number of benzene rings is 1. The molecule has 1 fully saturated rings. The summed E-state index contributed by atoms with van der Waals surface area (Å²) in [6.07, 6.45) is 4.89. The predicted octanol–water partition coefficient (Wildman–Crippen LogP) is 3.48. The Morgan fingerprint density at radius 1 is 1.24 bits per heavy atom. The minimum Gasteiger partial charge on any atom is -0.461 e. The monoisotopic (exact) mass is 296 g/mol. The van der Waals surface area contributed by atoms with Gasteiger partial charge in [0.25, 0.3) is 0 Å². The van der Waals surface area contributed by atoms with E-state index in [0.29, 0.717) is 11.2 Å². The maximum absolute atomic E-state index is 11.8. The Bertz CT molecular complexity index is 364. The van der Waals surface area contributed by atoms with Gasteiger partial charge in [-0.1, -0.05) is 52.7 Å². The van der Waals surface area contributed by atoms with Gasteiger partial charge >= 0.3 is 5.97 Å². The van der Waals surface area contributed by atoms with E-state index in [0.717, 1.165) is 24.8 Å². The van der Waals surface area contributed by atoms with Gasteiger partial charge in [-0.05, 0) is 24.8 Å². The summed E-state index contributed by atoms with van der Waals surface area (Å²) in [4.78, 5) is 12.1. The van der Waals surface area contributed by atoms with Crippen LogP contribution in [0.5, 0.6) is 0 Å². The number of alkyl halides is 1. The van der Waals surface area contributed by atoms with Gasteiger partial charge in [-0.25, -0.2) is 0 Å². The van der Waals surface area contributed by atoms with Gasteiger partial charge in [-0.2, -0.15) is 0 Å². The number of ether oxygens (including phenoxy) is 1. The molecule has 1 saturated carbocycles. The summed E-state index contributed by atoms with van der Waals surface area (Å²) in [6.45, 7) is 0. The van der Waals surface area contributed by atoms with Crippen molar-refractivity contribution in [2.45, 2.75) is 43.0 Å². The highest BCUT2D eigenvalue weighted by Crippen LogP contribution is 2.27. The van der Waals surface area contributed by atoms with Crippen molar-refractivity contribution >= 4 is 21.9 Å². The van der Waals surface area contributed by atoms with Crippen molar-refractivity contribution in [3.63, 3.8) is 0 Å². The highest BCUT2D eigenvalue weighted by molar-refractivity contribution is 9.09. The molecule has 1 aliphatic rings. The molecule has 2 rings (SSSR count). The summed E-state index contributed by atoms with van der Waals surface area (Å²) in [7, 11) is 0. The molecule has 0 heterocycles. The number of esters is 1. The Kier molecular flexibility index (Phi) is 4.60. The maximum Gasteiger partial charge on any atom is 0.310 e. The molecule has 1 aromatic rings. The third-order valence-electron chi connectivity index (χ3n) is 3.10. The van der Waals surface area contributed by atoms with Crippen LogP contribution in [0.4, 0.5) is 0 Å². The largest absolute Gasteiger partial charge is 0.461 e. The fourth-order valence-electron chi connectivity index (χ4n) is 2.16. The lowest BCUT2D eigenvalue weighted by Gasteiger charge is -2.27. The van der Waals surface area contributed by atoms with Crippen LogP contribution in [0.25, 0.3) is 0 Å². The number of carbonyl (C=O) groups excluding carboxylic acids is 1. The van der Waals surface area contributed by atoms with Gasteiger partial charge in [-0.15, -0.1) is 0 Å². The maximum atomic E-state index is 11.8. The first-order valence-corrected chi connectivity index (χ1v) is 7.05. The zero-order valence-electron chi connectivity index (χ0n) is 9.77. The van der Waals surface area contributed by atoms with Crippen LogP contribution in [-0.2, 0) is 16.0 Å². The molecule has 3 heteroatoms. The Labute approximate surface area is 110 Å². The molecule has 92 valence electrons. The fraction of sp³-hybridized carbons (Fsp3) is 0.500. The van der Waals surface area contributed by atoms with Crippen molar-refractivity contribution in [3.8, 4) is 0 Å². The first-order valence-electron chi connectivity index (χ1n) is 6.13. The van der Waals surface area contributed by atoms with E-state index < -0.39 is 0 Å². The summed E-state index contributed by atoms with van der Waals surface area (Å²) in [6, 6.07) is 9.74. The fourth-order valence-corrected chi connectivity index (χ4v) is 2.85. The summed E-state index contributed by atoms with van der Waals surface area (Å²) in [5.74, 6) is -0.118. The first-order chi connectivity index (χ1) is 8.25. The second-order valence-corrected chi connectivity index (χ2v) is 5.67. The summed E-state index contributed by atoms with van der Waals surface area (Å²) in [5.41, 5.74) is 1.01. The van der Waals surface area contributed by atoms with E-state index in [1.807, 2.05) is 30.3 Å². The first kappa shape index (κ1) is 12.6. The molecule has 0 spiro atoms. The molecule has 17 heavy (non-hydrogen) atoms. The summed E-state index contributed by atoms with van der Waals surface area (Å²) < 4.78 is 5.52. The third kappa shape index (κ3) is 3.84. The van der Waals surface area contributed by atoms with Crippen LogP contribution in [0.1, 0.15) is 31.2 Å². The van der Waals surface area contributed by atoms with Crippen molar-refractivity contribution in [2.75, 3.05) is 0 Å². The van der Waals surface area contributed by atoms with Crippen molar-refractivity contribution in [3.05, 3.63) is 35.9 Å². The lowest BCUT2D eigenvalue weighted by Crippen LogP contribution is -2.30. The van der Waals surface area contributed by atoms with Crippen LogP contribution in [-0.4, -0.2) is 16.9 Å². The minimum absolute atomic E-state index is 0.0555. The second kappa shape index (κ2) is 6.20. The molecule has 0 radical (unpaired) electrons. The minimum atomic E-state index is -0.118. The summed E-state index contributed by atoms with van der Waals surface area (Å²) in [5, 5.41) is 0. The average molecular weight is 297 g/mol. The quantitative estimate of drug-likeness (QED) is 0.630. The van der Waals surface area contributed by atoms with Crippen LogP contribution in [0.3, 0.4) is 0 Å². The Morgan fingerprint density at radius 2 is 1.94 bits per heavy atom. The highest BCUT2D eigenvalue weighted by Gasteiger charge is 2.25. The van der Waals surface area contributed by atoms with E-state index in [-0.39, 0.29) is 12.1 Å². The molecule has 1 aliphatic carbocycles. The lowest BCUT2D eigenvalue weighted by atomic mass is 9.97. The lowest BCUT2D eigenvalue weighted by molar-refractivity contribution is -0.149. The highest BCUT2D eigenvalue weighted by atomic mass is 79.9. The van der Waals surface area contributed by atoms with E-state index in [4.69, 9.17) is 4.74 Å². The van der Waals surface area contributed by atoms with Crippen molar-refractivity contribution in [1.29, 1.82) is 0 Å². The van der Waals surface area contributed by atoms with Gasteiger partial charge in [0.15, 0.2) is 0 Å². The van der Waals surface area contributed by atoms with Gasteiger partial charge in [0.1, 0.15) is 6.10 Å². The molecule has 0 amide bonds. The third-order valence-corrected chi connectivity index (χ3v) is 4.14. The van der Waals surface area contributed by atoms with Gasteiger partial charge in [0.2, 0.25) is 0 Å². The number of hydrogen-bond acceptors (Lipinski definition) is 2. The normalized spacial score (nSPS) is 24.3. The van der Waals surface area contributed by atoms with Gasteiger partial charge in [0, 0.05) is 0 Å². The molecule has 1 aromatic carbocycles. The number of hydrogen-bond donors (Lipinski definition) is 0. The van der Waals surface area contributed by atoms with Crippen molar-refractivity contribution < 1.29 is 9.53 Å². The molecule has 0 N–H and O–H groups in total. The number of carbonyl (C=O) groups is 1. The zero-order valence-corrected chi connectivity index (χ0v) is 11.4. The number of rotatable bonds is 3. The van der Waals surface area contributed by atoms with E-state index in [1.54, 1.807) is 0 Å². The van der Waals surface area contributed by atoms with E-state index in [1.165, 1.54) is 6.42 Å². The van der Waals surface area contributed by atoms with Crippen LogP contribution in [0.15, 0.2) is 30.3 Å². The summed E-state index contributed by atoms with van der Waals surface area (Å²) >= 11 is 3.59. The molecule has 2 atom stereocenters. The van der Waals surface area contributed by atoms with Crippen LogP contribution in [0, 0.1) is 0 Å². The zero-order chi connectivity index (χ0) is 12.1. The molecule has 0 bridgehead atoms. The molecule has 2 nitrogen and oxygen atoms in total. The predicted molar refractivity (Wildman–Crippen MR) is 71.2 cm³/mol. The van der Waals surface area contributed by atoms with E-state index in [9.17, 15) is 4.79 Å². The molecule has 0 aromatic heterocycles. The molecular weight excluding hydrogens is 280 g/mol. The standard InChI is InChI=1S/C14H17BrO2/c15-12-8-4-5-9-13(12)17-14(16)10-11-6-2-1-3-7-11/h1-3,6-7,12-13H,4-5,8-10H2/t12-,13-/m1/s1. The Balaban J connectivity index is 1.84. The molecule has 0 saturated heterocycles. The average Bonchev–Trinajstić information content (AvgIpc) is 2.33. The van der Waals surface area contributed by atoms with Crippen LogP contribution >= 0.6 is 15.9 Å². The second-order valence-electron chi connectivity index (χ2n) is 4.49. The SMILES string of the molecule is O=C(Cc1ccccc1)O[C@@H]1CCCC[C@H]1Br. The van der Waals surface area contributed by atoms with E-state index in [2.05, 4.69) is 15.9 Å². The van der Waals surface area contributed by atoms with Crippen LogP contribution in [0.2, 0.25) is 0 Å². The van der Waals surface area contributed by atoms with Gasteiger partial charge < -0.3 is 4.74 Å². The number of halogens is 1. The van der Waals surface area contributed by atoms with Crippen molar-refractivity contribution in [1.82, 2.24) is 0 Å². The van der Waals surface area contributed by atoms with E-state index >= 15 is 0 Å². The van der Waals surface area contributed by atoms with Gasteiger partial charge in [-0.3, -0.25) is 4.79 Å². The van der Waals surface area contributed by atoms with Crippen LogP contribution < -0.4 is 0 Å². The van der Waals surface area contributed by atoms with Gasteiger partial charge in [0.05, 0.1) is 11.2 Å². The topological polar surface area (TPSA) is 26.3 Å². The Hall–Kier alpha value is -0.830.